The molecule has 0 aromatic heterocycles. The van der Waals surface area contributed by atoms with Crippen molar-refractivity contribution in [1.82, 2.24) is 14.7 Å². The van der Waals surface area contributed by atoms with Crippen molar-refractivity contribution in [1.29, 1.82) is 0 Å². The van der Waals surface area contributed by atoms with E-state index in [4.69, 9.17) is 4.74 Å². The first-order valence-corrected chi connectivity index (χ1v) is 11.3. The van der Waals surface area contributed by atoms with Crippen LogP contribution in [0.1, 0.15) is 46.0 Å². The zero-order valence-corrected chi connectivity index (χ0v) is 17.7. The lowest BCUT2D eigenvalue weighted by Crippen LogP contribution is -2.40. The summed E-state index contributed by atoms with van der Waals surface area (Å²) in [6.07, 6.45) is 7.13. The van der Waals surface area contributed by atoms with E-state index in [2.05, 4.69) is 28.5 Å². The van der Waals surface area contributed by atoms with Gasteiger partial charge in [0.1, 0.15) is 0 Å². The second-order valence-corrected chi connectivity index (χ2v) is 9.62. The summed E-state index contributed by atoms with van der Waals surface area (Å²) in [4.78, 5) is 8.09. The van der Waals surface area contributed by atoms with E-state index in [9.17, 15) is 0 Å². The van der Waals surface area contributed by atoms with Crippen LogP contribution in [-0.4, -0.2) is 87.3 Å². The van der Waals surface area contributed by atoms with Crippen LogP contribution in [0.4, 0.5) is 0 Å². The molecule has 0 aliphatic carbocycles. The molecule has 0 aromatic rings. The maximum absolute atomic E-state index is 5.22. The zero-order chi connectivity index (χ0) is 18.4. The summed E-state index contributed by atoms with van der Waals surface area (Å²) in [6, 6.07) is 0. The fraction of sp³-hybridized carbons (Fsp3) is 1.00. The fourth-order valence-electron chi connectivity index (χ4n) is 5.51. The summed E-state index contributed by atoms with van der Waals surface area (Å²) in [5.74, 6) is 3.73. The quantitative estimate of drug-likeness (QED) is 0.658. The molecule has 3 aliphatic heterocycles. The van der Waals surface area contributed by atoms with Crippen LogP contribution in [0, 0.1) is 23.7 Å². The molecule has 3 heterocycles. The number of nitrogens with zero attached hydrogens (tertiary/aromatic N) is 3. The van der Waals surface area contributed by atoms with Gasteiger partial charge in [0.15, 0.2) is 0 Å². The minimum Gasteiger partial charge on any atom is -0.383 e. The van der Waals surface area contributed by atoms with E-state index in [1.807, 2.05) is 7.11 Å². The van der Waals surface area contributed by atoms with E-state index in [0.29, 0.717) is 0 Å². The average molecular weight is 366 g/mol. The number of hydrogen-bond acceptors (Lipinski definition) is 4. The van der Waals surface area contributed by atoms with Gasteiger partial charge < -0.3 is 19.4 Å². The van der Waals surface area contributed by atoms with E-state index in [1.54, 1.807) is 0 Å². The number of hydrogen-bond donors (Lipinski definition) is 0. The summed E-state index contributed by atoms with van der Waals surface area (Å²) in [6.45, 7) is 17.4. The Hall–Kier alpha value is -0.160. The second kappa shape index (κ2) is 10.4. The lowest BCUT2D eigenvalue weighted by molar-refractivity contribution is 0.107. The normalized spacial score (nSPS) is 28.4. The molecule has 26 heavy (non-hydrogen) atoms. The van der Waals surface area contributed by atoms with Crippen molar-refractivity contribution >= 4 is 0 Å². The minimum absolute atomic E-state index is 0.814. The molecule has 3 fully saturated rings. The number of ether oxygens (including phenoxy) is 1. The van der Waals surface area contributed by atoms with Gasteiger partial charge in [0, 0.05) is 33.3 Å². The lowest BCUT2D eigenvalue weighted by Gasteiger charge is -2.36. The molecule has 0 N–H and O–H groups in total. The highest BCUT2D eigenvalue weighted by Gasteiger charge is 2.33. The van der Waals surface area contributed by atoms with Crippen LogP contribution in [0.3, 0.4) is 0 Å². The third-order valence-electron chi connectivity index (χ3n) is 7.07. The van der Waals surface area contributed by atoms with Gasteiger partial charge in [0.05, 0.1) is 6.61 Å². The number of rotatable bonds is 8. The maximum atomic E-state index is 5.22. The van der Waals surface area contributed by atoms with Crippen LogP contribution >= 0.6 is 0 Å². The molecule has 1 atom stereocenters. The summed E-state index contributed by atoms with van der Waals surface area (Å²) in [5, 5.41) is 0. The van der Waals surface area contributed by atoms with Gasteiger partial charge in [-0.05, 0) is 88.5 Å². The Bertz CT molecular complexity index is 387. The Morgan fingerprint density at radius 2 is 1.42 bits per heavy atom. The zero-order valence-electron chi connectivity index (χ0n) is 17.7. The third-order valence-corrected chi connectivity index (χ3v) is 7.07. The molecule has 0 saturated carbocycles. The van der Waals surface area contributed by atoms with Crippen molar-refractivity contribution < 1.29 is 4.74 Å². The smallest absolute Gasteiger partial charge is 0.0589 e. The molecule has 3 rings (SSSR count). The van der Waals surface area contributed by atoms with Gasteiger partial charge in [-0.3, -0.25) is 0 Å². The monoisotopic (exact) mass is 365 g/mol. The predicted octanol–water partition coefficient (Wildman–Crippen LogP) is 3.03. The lowest BCUT2D eigenvalue weighted by atomic mass is 9.83. The van der Waals surface area contributed by atoms with Crippen LogP contribution < -0.4 is 0 Å². The Balaban J connectivity index is 1.32. The number of methoxy groups -OCH3 is 1. The standard InChI is InChI=1S/C22H43N3O/c1-19(2)16-24-11-6-21(7-12-24)22-8-13-25(18-22)17-20-4-9-23(10-5-20)14-15-26-3/h19-22H,4-18H2,1-3H3/t22-/m0/s1. The van der Waals surface area contributed by atoms with Crippen LogP contribution in [0.25, 0.3) is 0 Å². The van der Waals surface area contributed by atoms with Crippen molar-refractivity contribution in [2.75, 3.05) is 72.6 Å². The molecule has 4 nitrogen and oxygen atoms in total. The van der Waals surface area contributed by atoms with E-state index in [0.717, 1.165) is 36.8 Å². The molecule has 0 unspecified atom stereocenters. The first-order valence-electron chi connectivity index (χ1n) is 11.3. The van der Waals surface area contributed by atoms with Crippen LogP contribution in [0.2, 0.25) is 0 Å². The summed E-state index contributed by atoms with van der Waals surface area (Å²) >= 11 is 0. The number of likely N-dealkylation sites (tertiary alicyclic amines) is 3. The maximum Gasteiger partial charge on any atom is 0.0589 e. The van der Waals surface area contributed by atoms with E-state index < -0.39 is 0 Å². The molecular formula is C22H43N3O. The summed E-state index contributed by atoms with van der Waals surface area (Å²) < 4.78 is 5.22. The van der Waals surface area contributed by atoms with Crippen LogP contribution in [0.15, 0.2) is 0 Å². The molecule has 152 valence electrons. The molecule has 3 saturated heterocycles. The SMILES string of the molecule is COCCN1CCC(CN2CC[C@H](C3CCN(CC(C)C)CC3)C2)CC1. The van der Waals surface area contributed by atoms with Crippen molar-refractivity contribution in [2.24, 2.45) is 23.7 Å². The van der Waals surface area contributed by atoms with Crippen LogP contribution in [0.5, 0.6) is 0 Å². The molecule has 3 aliphatic rings. The number of piperidine rings is 2. The van der Waals surface area contributed by atoms with Crippen molar-refractivity contribution in [3.8, 4) is 0 Å². The second-order valence-electron chi connectivity index (χ2n) is 9.62. The molecule has 0 radical (unpaired) electrons. The van der Waals surface area contributed by atoms with Crippen molar-refractivity contribution in [2.45, 2.75) is 46.0 Å². The summed E-state index contributed by atoms with van der Waals surface area (Å²) in [7, 11) is 1.81. The van der Waals surface area contributed by atoms with Crippen molar-refractivity contribution in [3.63, 3.8) is 0 Å². The van der Waals surface area contributed by atoms with Crippen molar-refractivity contribution in [3.05, 3.63) is 0 Å². The van der Waals surface area contributed by atoms with E-state index in [1.165, 1.54) is 84.5 Å². The molecule has 0 amide bonds. The Morgan fingerprint density at radius 3 is 2.08 bits per heavy atom. The third kappa shape index (κ3) is 6.19. The summed E-state index contributed by atoms with van der Waals surface area (Å²) in [5.41, 5.74) is 0. The Morgan fingerprint density at radius 1 is 0.808 bits per heavy atom. The van der Waals surface area contributed by atoms with E-state index in [-0.39, 0.29) is 0 Å². The fourth-order valence-corrected chi connectivity index (χ4v) is 5.51. The molecule has 4 heteroatoms. The predicted molar refractivity (Wildman–Crippen MR) is 110 cm³/mol. The molecular weight excluding hydrogens is 322 g/mol. The highest BCUT2D eigenvalue weighted by atomic mass is 16.5. The van der Waals surface area contributed by atoms with Gasteiger partial charge in [-0.2, -0.15) is 0 Å². The average Bonchev–Trinajstić information content (AvgIpc) is 3.10. The Kier molecular flexibility index (Phi) is 8.23. The Labute approximate surface area is 162 Å². The van der Waals surface area contributed by atoms with Crippen LogP contribution in [-0.2, 0) is 4.74 Å². The van der Waals surface area contributed by atoms with E-state index >= 15 is 0 Å². The highest BCUT2D eigenvalue weighted by Crippen LogP contribution is 2.33. The van der Waals surface area contributed by atoms with Gasteiger partial charge in [-0.1, -0.05) is 13.8 Å². The minimum atomic E-state index is 0.814. The van der Waals surface area contributed by atoms with Gasteiger partial charge in [-0.15, -0.1) is 0 Å². The largest absolute Gasteiger partial charge is 0.383 e. The van der Waals surface area contributed by atoms with Gasteiger partial charge in [-0.25, -0.2) is 0 Å². The molecule has 0 spiro atoms. The highest BCUT2D eigenvalue weighted by molar-refractivity contribution is 4.86. The van der Waals surface area contributed by atoms with Gasteiger partial charge in [0.25, 0.3) is 0 Å². The van der Waals surface area contributed by atoms with Gasteiger partial charge >= 0.3 is 0 Å². The topological polar surface area (TPSA) is 19.0 Å². The molecule has 0 bridgehead atoms. The first-order chi connectivity index (χ1) is 12.6. The van der Waals surface area contributed by atoms with Gasteiger partial charge in [0.2, 0.25) is 0 Å². The molecule has 0 aromatic carbocycles. The first kappa shape index (κ1) is 20.6.